The van der Waals surface area contributed by atoms with Crippen molar-refractivity contribution in [1.82, 2.24) is 0 Å². The minimum atomic E-state index is 0. The molecule has 1 aliphatic rings. The molecule has 0 amide bonds. The Morgan fingerprint density at radius 3 is 1.43 bits per heavy atom. The Balaban J connectivity index is 0. The van der Waals surface area contributed by atoms with Crippen LogP contribution in [0.2, 0.25) is 0 Å². The van der Waals surface area contributed by atoms with E-state index in [1.165, 1.54) is 19.3 Å². The second-order valence-corrected chi connectivity index (χ2v) is 9.04. The third kappa shape index (κ3) is 12.7. The van der Waals surface area contributed by atoms with Crippen molar-refractivity contribution in [2.24, 2.45) is 0 Å². The summed E-state index contributed by atoms with van der Waals surface area (Å²) in [4.78, 5) is 0. The smallest absolute Gasteiger partial charge is 0.652 e. The van der Waals surface area contributed by atoms with Crippen LogP contribution < -0.4 is 0 Å². The Morgan fingerprint density at radius 1 is 0.905 bits per heavy atom. The largest absolute Gasteiger partial charge is 2.00 e. The maximum atomic E-state index is 4.75. The summed E-state index contributed by atoms with van der Waals surface area (Å²) in [7, 11) is 0. The van der Waals surface area contributed by atoms with Gasteiger partial charge in [0.1, 0.15) is 0 Å². The minimum absolute atomic E-state index is 0. The number of piperidine rings is 1. The van der Waals surface area contributed by atoms with E-state index in [1.54, 1.807) is 0 Å². The summed E-state index contributed by atoms with van der Waals surface area (Å²) in [6, 6.07) is 0. The van der Waals surface area contributed by atoms with Gasteiger partial charge >= 0.3 is 19.5 Å². The fourth-order valence-corrected chi connectivity index (χ4v) is 2.87. The molecule has 2 nitrogen and oxygen atoms in total. The maximum absolute atomic E-state index is 4.75. The summed E-state index contributed by atoms with van der Waals surface area (Å²) in [5.74, 6) is 0. The van der Waals surface area contributed by atoms with Gasteiger partial charge < -0.3 is 10.6 Å². The van der Waals surface area contributed by atoms with E-state index < -0.39 is 0 Å². The van der Waals surface area contributed by atoms with E-state index in [0.717, 1.165) is 6.42 Å². The van der Waals surface area contributed by atoms with Crippen molar-refractivity contribution in [2.45, 2.75) is 117 Å². The number of rotatable bonds is 2. The SMILES string of the molecule is CC1(C)CCCC(C)(C)[N-]1.CCC(C)(C)[N-]C(C)(C)C.[Zn+2]. The molecule has 122 valence electrons. The third-order valence-corrected chi connectivity index (χ3v) is 3.69. The van der Waals surface area contributed by atoms with Gasteiger partial charge in [0.15, 0.2) is 0 Å². The van der Waals surface area contributed by atoms with Crippen LogP contribution in [0.5, 0.6) is 0 Å². The van der Waals surface area contributed by atoms with Crippen molar-refractivity contribution in [1.29, 1.82) is 0 Å². The fraction of sp³-hybridized carbons (Fsp3) is 1.00. The maximum Gasteiger partial charge on any atom is 2.00 e. The second-order valence-electron chi connectivity index (χ2n) is 9.04. The second kappa shape index (κ2) is 8.41. The predicted octanol–water partition coefficient (Wildman–Crippen LogP) is 6.45. The Kier molecular flexibility index (Phi) is 9.53. The average molecular weight is 348 g/mol. The van der Waals surface area contributed by atoms with Crippen LogP contribution in [0.1, 0.15) is 94.9 Å². The van der Waals surface area contributed by atoms with E-state index in [0.29, 0.717) is 0 Å². The van der Waals surface area contributed by atoms with Crippen LogP contribution in [-0.2, 0) is 19.5 Å². The molecule has 3 heteroatoms. The number of hydrogen-bond donors (Lipinski definition) is 0. The molecule has 0 bridgehead atoms. The first kappa shape index (κ1) is 23.8. The number of hydrogen-bond acceptors (Lipinski definition) is 0. The summed E-state index contributed by atoms with van der Waals surface area (Å²) in [5, 5.41) is 9.41. The average Bonchev–Trinajstić information content (AvgIpc) is 2.10. The topological polar surface area (TPSA) is 28.2 Å². The van der Waals surface area contributed by atoms with Crippen molar-refractivity contribution >= 4 is 0 Å². The van der Waals surface area contributed by atoms with Gasteiger partial charge in [0, 0.05) is 0 Å². The fourth-order valence-electron chi connectivity index (χ4n) is 2.87. The molecular formula is C18H38N2Zn. The summed E-state index contributed by atoms with van der Waals surface area (Å²) in [6.07, 6.45) is 4.97. The molecule has 0 aromatic heterocycles. The monoisotopic (exact) mass is 346 g/mol. The first-order valence-electron chi connectivity index (χ1n) is 8.16. The molecule has 0 atom stereocenters. The van der Waals surface area contributed by atoms with Gasteiger partial charge in [-0.1, -0.05) is 94.9 Å². The van der Waals surface area contributed by atoms with Gasteiger partial charge in [0.05, 0.1) is 0 Å². The van der Waals surface area contributed by atoms with Gasteiger partial charge in [-0.3, -0.25) is 0 Å². The van der Waals surface area contributed by atoms with Crippen LogP contribution in [0.3, 0.4) is 0 Å². The Hall–Kier alpha value is 0.543. The van der Waals surface area contributed by atoms with E-state index in [9.17, 15) is 0 Å². The Morgan fingerprint density at radius 2 is 1.29 bits per heavy atom. The van der Waals surface area contributed by atoms with Crippen LogP contribution >= 0.6 is 0 Å². The van der Waals surface area contributed by atoms with Gasteiger partial charge in [-0.15, -0.1) is 22.2 Å². The molecule has 0 aromatic carbocycles. The molecule has 1 fully saturated rings. The van der Waals surface area contributed by atoms with Crippen molar-refractivity contribution < 1.29 is 19.5 Å². The van der Waals surface area contributed by atoms with Crippen molar-refractivity contribution in [3.05, 3.63) is 10.6 Å². The molecule has 0 unspecified atom stereocenters. The quantitative estimate of drug-likeness (QED) is 0.514. The standard InChI is InChI=1S/C9H18N.C9H20N.Zn/c1-8(2)6-5-7-9(3,4)10-8;1-7-9(5,6)10-8(2,3)4;/h5-7H2,1-4H3;7H2,1-6H3;/q2*-1;+2. The van der Waals surface area contributed by atoms with Crippen molar-refractivity contribution in [2.75, 3.05) is 0 Å². The van der Waals surface area contributed by atoms with E-state index in [1.807, 2.05) is 0 Å². The Labute approximate surface area is 147 Å². The zero-order chi connectivity index (χ0) is 16.2. The van der Waals surface area contributed by atoms with Crippen LogP contribution in [0, 0.1) is 0 Å². The molecule has 0 aliphatic carbocycles. The van der Waals surface area contributed by atoms with Crippen LogP contribution in [0.25, 0.3) is 10.6 Å². The van der Waals surface area contributed by atoms with E-state index in [-0.39, 0.29) is 41.6 Å². The van der Waals surface area contributed by atoms with Crippen molar-refractivity contribution in [3.8, 4) is 0 Å². The molecule has 1 aliphatic heterocycles. The van der Waals surface area contributed by atoms with Gasteiger partial charge in [-0.25, -0.2) is 0 Å². The first-order valence-corrected chi connectivity index (χ1v) is 8.16. The summed E-state index contributed by atoms with van der Waals surface area (Å²) in [5.41, 5.74) is 0.737. The molecule has 0 saturated carbocycles. The Bertz CT molecular complexity index is 266. The minimum Gasteiger partial charge on any atom is -0.652 e. The molecule has 1 saturated heterocycles. The zero-order valence-electron chi connectivity index (χ0n) is 16.4. The molecule has 1 rings (SSSR count). The first-order chi connectivity index (χ1) is 8.68. The number of nitrogens with zero attached hydrogens (tertiary/aromatic N) is 2. The third-order valence-electron chi connectivity index (χ3n) is 3.69. The summed E-state index contributed by atoms with van der Waals surface area (Å²) < 4.78 is 0. The van der Waals surface area contributed by atoms with E-state index in [4.69, 9.17) is 5.32 Å². The van der Waals surface area contributed by atoms with E-state index in [2.05, 4.69) is 74.6 Å². The van der Waals surface area contributed by atoms with Gasteiger partial charge in [0.2, 0.25) is 0 Å². The van der Waals surface area contributed by atoms with Gasteiger partial charge in [-0.05, 0) is 0 Å². The summed E-state index contributed by atoms with van der Waals surface area (Å²) >= 11 is 0. The molecule has 0 radical (unpaired) electrons. The molecule has 0 spiro atoms. The summed E-state index contributed by atoms with van der Waals surface area (Å²) in [6.45, 7) is 21.9. The predicted molar refractivity (Wildman–Crippen MR) is 92.9 cm³/mol. The van der Waals surface area contributed by atoms with Crippen LogP contribution in [0.15, 0.2) is 0 Å². The zero-order valence-corrected chi connectivity index (χ0v) is 19.4. The molecule has 0 N–H and O–H groups in total. The van der Waals surface area contributed by atoms with Gasteiger partial charge in [-0.2, -0.15) is 0 Å². The normalized spacial score (nSPS) is 20.9. The van der Waals surface area contributed by atoms with Crippen LogP contribution in [-0.4, -0.2) is 22.2 Å². The molecule has 0 aromatic rings. The molecule has 1 heterocycles. The molecular weight excluding hydrogens is 310 g/mol. The molecule has 21 heavy (non-hydrogen) atoms. The van der Waals surface area contributed by atoms with Crippen molar-refractivity contribution in [3.63, 3.8) is 0 Å². The van der Waals surface area contributed by atoms with Gasteiger partial charge in [0.25, 0.3) is 0 Å². The van der Waals surface area contributed by atoms with E-state index >= 15 is 0 Å². The van der Waals surface area contributed by atoms with Crippen LogP contribution in [0.4, 0.5) is 0 Å².